The second-order valence-electron chi connectivity index (χ2n) is 6.73. The Kier molecular flexibility index (Phi) is 14.1. The Balaban J connectivity index is 0.00000392. The van der Waals surface area contributed by atoms with Crippen molar-refractivity contribution in [3.63, 3.8) is 0 Å². The Morgan fingerprint density at radius 2 is 1.93 bits per heavy atom. The van der Waals surface area contributed by atoms with Gasteiger partial charge < -0.3 is 24.8 Å². The summed E-state index contributed by atoms with van der Waals surface area (Å²) in [5.41, 5.74) is 1.29. The van der Waals surface area contributed by atoms with Crippen LogP contribution in [0, 0.1) is 0 Å². The van der Waals surface area contributed by atoms with Crippen molar-refractivity contribution in [1.29, 1.82) is 0 Å². The molecule has 0 aromatic heterocycles. The van der Waals surface area contributed by atoms with Crippen LogP contribution in [0.25, 0.3) is 0 Å². The van der Waals surface area contributed by atoms with Crippen LogP contribution in [0.5, 0.6) is 5.75 Å². The van der Waals surface area contributed by atoms with Crippen LogP contribution in [-0.4, -0.2) is 58.6 Å². The van der Waals surface area contributed by atoms with E-state index in [-0.39, 0.29) is 30.1 Å². The number of nitrogens with one attached hydrogen (secondary N) is 2. The van der Waals surface area contributed by atoms with Gasteiger partial charge in [-0.3, -0.25) is 4.99 Å². The zero-order chi connectivity index (χ0) is 19.2. The first-order valence-corrected chi connectivity index (χ1v) is 10.2. The highest BCUT2D eigenvalue weighted by Crippen LogP contribution is 2.13. The summed E-state index contributed by atoms with van der Waals surface area (Å²) < 4.78 is 16.8. The molecule has 1 atom stereocenters. The lowest BCUT2D eigenvalue weighted by atomic mass is 10.1. The van der Waals surface area contributed by atoms with Gasteiger partial charge in [-0.25, -0.2) is 0 Å². The smallest absolute Gasteiger partial charge is 0.190 e. The fourth-order valence-corrected chi connectivity index (χ4v) is 2.81. The van der Waals surface area contributed by atoms with E-state index < -0.39 is 0 Å². The fraction of sp³-hybridized carbons (Fsp3) is 0.667. The predicted octanol–water partition coefficient (Wildman–Crippen LogP) is 3.39. The largest absolute Gasteiger partial charge is 0.494 e. The molecule has 1 aromatic carbocycles. The molecule has 1 heterocycles. The van der Waals surface area contributed by atoms with Gasteiger partial charge in [0, 0.05) is 33.4 Å². The van der Waals surface area contributed by atoms with Crippen molar-refractivity contribution in [1.82, 2.24) is 10.6 Å². The molecule has 2 rings (SSSR count). The molecule has 28 heavy (non-hydrogen) atoms. The molecule has 0 saturated carbocycles. The van der Waals surface area contributed by atoms with Gasteiger partial charge in [-0.2, -0.15) is 0 Å². The highest BCUT2D eigenvalue weighted by Gasteiger charge is 2.15. The Hall–Kier alpha value is -1.06. The van der Waals surface area contributed by atoms with Crippen molar-refractivity contribution in [2.45, 2.75) is 45.1 Å². The number of rotatable bonds is 12. The van der Waals surface area contributed by atoms with E-state index in [2.05, 4.69) is 34.7 Å². The molecule has 160 valence electrons. The van der Waals surface area contributed by atoms with Gasteiger partial charge in [-0.05, 0) is 43.4 Å². The van der Waals surface area contributed by atoms with E-state index >= 15 is 0 Å². The van der Waals surface area contributed by atoms with Gasteiger partial charge in [0.25, 0.3) is 0 Å². The number of ether oxygens (including phenoxy) is 3. The Morgan fingerprint density at radius 3 is 2.61 bits per heavy atom. The lowest BCUT2D eigenvalue weighted by Crippen LogP contribution is -2.39. The lowest BCUT2D eigenvalue weighted by Gasteiger charge is -2.13. The van der Waals surface area contributed by atoms with Crippen molar-refractivity contribution >= 4 is 29.9 Å². The number of halogens is 1. The summed E-state index contributed by atoms with van der Waals surface area (Å²) >= 11 is 0. The molecular weight excluding hydrogens is 469 g/mol. The number of unbranched alkanes of at least 4 members (excludes halogenated alkanes) is 1. The fourth-order valence-electron chi connectivity index (χ4n) is 2.81. The van der Waals surface area contributed by atoms with E-state index in [1.807, 2.05) is 12.1 Å². The monoisotopic (exact) mass is 505 g/mol. The van der Waals surface area contributed by atoms with Crippen LogP contribution in [0.2, 0.25) is 0 Å². The van der Waals surface area contributed by atoms with Crippen molar-refractivity contribution in [3.05, 3.63) is 29.8 Å². The van der Waals surface area contributed by atoms with Crippen LogP contribution in [0.1, 0.15) is 38.2 Å². The van der Waals surface area contributed by atoms with E-state index in [1.54, 1.807) is 7.05 Å². The van der Waals surface area contributed by atoms with Crippen LogP contribution >= 0.6 is 24.0 Å². The maximum absolute atomic E-state index is 5.76. The first kappa shape index (κ1) is 25.0. The summed E-state index contributed by atoms with van der Waals surface area (Å²) in [5.74, 6) is 1.78. The minimum absolute atomic E-state index is 0. The molecule has 1 aliphatic rings. The Bertz CT molecular complexity index is 534. The maximum Gasteiger partial charge on any atom is 0.190 e. The molecule has 7 heteroatoms. The van der Waals surface area contributed by atoms with Crippen molar-refractivity contribution in [2.75, 3.05) is 46.6 Å². The van der Waals surface area contributed by atoms with Crippen LogP contribution in [0.3, 0.4) is 0 Å². The molecule has 0 amide bonds. The summed E-state index contributed by atoms with van der Waals surface area (Å²) in [6, 6.07) is 8.35. The van der Waals surface area contributed by atoms with Gasteiger partial charge in [-0.15, -0.1) is 24.0 Å². The average Bonchev–Trinajstić information content (AvgIpc) is 3.21. The average molecular weight is 505 g/mol. The molecule has 0 spiro atoms. The van der Waals surface area contributed by atoms with E-state index in [1.165, 1.54) is 5.56 Å². The molecule has 6 nitrogen and oxygen atoms in total. The minimum Gasteiger partial charge on any atom is -0.494 e. The molecule has 0 bridgehead atoms. The Labute approximate surface area is 186 Å². The van der Waals surface area contributed by atoms with Crippen molar-refractivity contribution in [2.24, 2.45) is 4.99 Å². The van der Waals surface area contributed by atoms with Crippen molar-refractivity contribution in [3.8, 4) is 5.75 Å². The normalized spacial score (nSPS) is 16.5. The number of nitrogens with zero attached hydrogens (tertiary/aromatic N) is 1. The zero-order valence-corrected chi connectivity index (χ0v) is 19.6. The summed E-state index contributed by atoms with van der Waals surface area (Å²) in [4.78, 5) is 4.26. The third-order valence-electron chi connectivity index (χ3n) is 4.47. The highest BCUT2D eigenvalue weighted by molar-refractivity contribution is 14.0. The van der Waals surface area contributed by atoms with Gasteiger partial charge in [0.1, 0.15) is 5.75 Å². The van der Waals surface area contributed by atoms with E-state index in [4.69, 9.17) is 14.2 Å². The molecular formula is C21H36IN3O3. The quantitative estimate of drug-likeness (QED) is 0.197. The van der Waals surface area contributed by atoms with Gasteiger partial charge in [0.05, 0.1) is 19.3 Å². The summed E-state index contributed by atoms with van der Waals surface area (Å²) in [5, 5.41) is 6.68. The van der Waals surface area contributed by atoms with E-state index in [0.29, 0.717) is 0 Å². The molecule has 1 fully saturated rings. The minimum atomic E-state index is 0. The Morgan fingerprint density at radius 1 is 1.14 bits per heavy atom. The van der Waals surface area contributed by atoms with Gasteiger partial charge >= 0.3 is 0 Å². The lowest BCUT2D eigenvalue weighted by molar-refractivity contribution is 0.0420. The second-order valence-corrected chi connectivity index (χ2v) is 6.73. The number of benzene rings is 1. The third kappa shape index (κ3) is 10.5. The van der Waals surface area contributed by atoms with Crippen LogP contribution in [0.4, 0.5) is 0 Å². The number of hydrogen-bond acceptors (Lipinski definition) is 4. The van der Waals surface area contributed by atoms with Crippen molar-refractivity contribution < 1.29 is 14.2 Å². The number of aliphatic imine (C=N–C) groups is 1. The highest BCUT2D eigenvalue weighted by atomic mass is 127. The summed E-state index contributed by atoms with van der Waals surface area (Å²) in [7, 11) is 1.80. The molecule has 0 aliphatic carbocycles. The SMILES string of the molecule is CCCCOc1ccc(CCNC(=NC)NCCCOC2CCOC2)cc1.I. The maximum atomic E-state index is 5.76. The number of hydrogen-bond donors (Lipinski definition) is 2. The summed E-state index contributed by atoms with van der Waals surface area (Å²) in [6.07, 6.45) is 5.45. The zero-order valence-electron chi connectivity index (χ0n) is 17.2. The van der Waals surface area contributed by atoms with E-state index in [0.717, 1.165) is 83.3 Å². The molecule has 1 unspecified atom stereocenters. The number of guanidine groups is 1. The molecule has 1 saturated heterocycles. The second kappa shape index (κ2) is 15.8. The van der Waals surface area contributed by atoms with Crippen LogP contribution < -0.4 is 15.4 Å². The molecule has 2 N–H and O–H groups in total. The third-order valence-corrected chi connectivity index (χ3v) is 4.47. The first-order valence-electron chi connectivity index (χ1n) is 10.2. The standard InChI is InChI=1S/C21H35N3O3.HI/c1-3-4-14-26-19-8-6-18(7-9-19)10-13-24-21(22-2)23-12-5-15-27-20-11-16-25-17-20;/h6-9,20H,3-5,10-17H2,1-2H3,(H2,22,23,24);1H. The van der Waals surface area contributed by atoms with Crippen LogP contribution in [0.15, 0.2) is 29.3 Å². The van der Waals surface area contributed by atoms with Gasteiger partial charge in [-0.1, -0.05) is 25.5 Å². The van der Waals surface area contributed by atoms with Gasteiger partial charge in [0.15, 0.2) is 5.96 Å². The molecule has 1 aromatic rings. The topological polar surface area (TPSA) is 64.1 Å². The summed E-state index contributed by atoms with van der Waals surface area (Å²) in [6.45, 7) is 6.96. The molecule has 0 radical (unpaired) electrons. The van der Waals surface area contributed by atoms with E-state index in [9.17, 15) is 0 Å². The van der Waals surface area contributed by atoms with Gasteiger partial charge in [0.2, 0.25) is 0 Å². The predicted molar refractivity (Wildman–Crippen MR) is 125 cm³/mol. The first-order chi connectivity index (χ1) is 13.3. The molecule has 1 aliphatic heterocycles. The van der Waals surface area contributed by atoms with Crippen LogP contribution in [-0.2, 0) is 15.9 Å².